The number of halogens is 3. The Hall–Kier alpha value is -0.380. The predicted octanol–water partition coefficient (Wildman–Crippen LogP) is 1.25. The summed E-state index contributed by atoms with van der Waals surface area (Å²) >= 11 is 15.2. The number of alkyl halides is 3. The molecule has 24 heavy (non-hydrogen) atoms. The zero-order chi connectivity index (χ0) is 18.7. The molecule has 0 radical (unpaired) electrons. The summed E-state index contributed by atoms with van der Waals surface area (Å²) in [5.74, 6) is 0. The van der Waals surface area contributed by atoms with Crippen LogP contribution in [0.5, 0.6) is 0 Å². The number of ether oxygens (including phenoxy) is 1. The zero-order valence-electron chi connectivity index (χ0n) is 13.3. The molecule has 2 heterocycles. The molecule has 0 aromatic carbocycles. The highest BCUT2D eigenvalue weighted by Crippen LogP contribution is 2.30. The third kappa shape index (κ3) is 6.50. The van der Waals surface area contributed by atoms with Crippen molar-refractivity contribution in [1.82, 2.24) is 9.55 Å². The van der Waals surface area contributed by atoms with Gasteiger partial charge in [-0.05, 0) is 13.8 Å². The lowest BCUT2D eigenvalue weighted by molar-refractivity contribution is -0.0240. The molecule has 0 aliphatic carbocycles. The fraction of sp³-hybridized carbons (Fsp3) is 0.692. The summed E-state index contributed by atoms with van der Waals surface area (Å²) in [6.45, 7) is 2.82. The maximum atomic E-state index is 11.7. The average molecular weight is 422 g/mol. The standard InChI is InChI=1S/C11H16N2O5S.C2H3Cl3/c1-6-4-13(11(16)12-10(6)15)9-3-8(19(2)17)7(5-14)18-9;1-2(3,4)5/h4,7-9,14H,3,5H2,1-2H3,(H,12,15,16);1H3/t7-,8-,9-,19?;/m1./s1. The van der Waals surface area contributed by atoms with Crippen molar-refractivity contribution in [2.45, 2.75) is 41.6 Å². The van der Waals surface area contributed by atoms with Crippen LogP contribution in [0.25, 0.3) is 0 Å². The van der Waals surface area contributed by atoms with Crippen molar-refractivity contribution < 1.29 is 14.1 Å². The van der Waals surface area contributed by atoms with Gasteiger partial charge in [0.25, 0.3) is 5.56 Å². The molecule has 0 spiro atoms. The highest BCUT2D eigenvalue weighted by Gasteiger charge is 2.38. The summed E-state index contributed by atoms with van der Waals surface area (Å²) in [6.07, 6.45) is 2.14. The fourth-order valence-corrected chi connectivity index (χ4v) is 3.20. The molecule has 4 atom stereocenters. The molecular formula is C13H19Cl3N2O5S. The maximum absolute atomic E-state index is 11.7. The SMILES string of the molecule is CC(Cl)(Cl)Cl.Cc1cn([C@H]2C[C@@H](S(C)=O)[C@@H](CO)O2)c(=O)[nH]c1=O. The Bertz CT molecular complexity index is 694. The number of aryl methyl sites for hydroxylation is 1. The molecule has 1 aromatic heterocycles. The Morgan fingerprint density at radius 1 is 1.46 bits per heavy atom. The molecule has 138 valence electrons. The van der Waals surface area contributed by atoms with Crippen LogP contribution in [0.2, 0.25) is 0 Å². The van der Waals surface area contributed by atoms with Crippen LogP contribution in [-0.2, 0) is 15.5 Å². The Balaban J connectivity index is 0.000000505. The lowest BCUT2D eigenvalue weighted by Gasteiger charge is -2.14. The minimum absolute atomic E-state index is 0.252. The monoisotopic (exact) mass is 420 g/mol. The van der Waals surface area contributed by atoms with E-state index in [1.54, 1.807) is 13.2 Å². The van der Waals surface area contributed by atoms with Gasteiger partial charge in [0.15, 0.2) is 3.79 Å². The molecule has 1 unspecified atom stereocenters. The Labute approximate surface area is 156 Å². The number of aliphatic hydroxyl groups is 1. The van der Waals surface area contributed by atoms with E-state index in [2.05, 4.69) is 4.98 Å². The van der Waals surface area contributed by atoms with Crippen LogP contribution in [0.3, 0.4) is 0 Å². The number of hydrogen-bond donors (Lipinski definition) is 2. The van der Waals surface area contributed by atoms with Gasteiger partial charge >= 0.3 is 5.69 Å². The van der Waals surface area contributed by atoms with Crippen molar-refractivity contribution in [3.8, 4) is 0 Å². The molecule has 7 nitrogen and oxygen atoms in total. The summed E-state index contributed by atoms with van der Waals surface area (Å²) < 4.78 is 17.3. The molecule has 2 N–H and O–H groups in total. The number of aliphatic hydroxyl groups excluding tert-OH is 1. The van der Waals surface area contributed by atoms with Crippen molar-refractivity contribution in [3.05, 3.63) is 32.6 Å². The van der Waals surface area contributed by atoms with Gasteiger partial charge in [-0.2, -0.15) is 0 Å². The van der Waals surface area contributed by atoms with E-state index in [9.17, 15) is 18.9 Å². The van der Waals surface area contributed by atoms with Gasteiger partial charge in [-0.1, -0.05) is 34.8 Å². The Kier molecular flexibility index (Phi) is 7.96. The number of H-pyrrole nitrogens is 1. The number of hydrogen-bond acceptors (Lipinski definition) is 5. The second kappa shape index (κ2) is 8.82. The zero-order valence-corrected chi connectivity index (χ0v) is 16.4. The van der Waals surface area contributed by atoms with Crippen molar-refractivity contribution in [2.24, 2.45) is 0 Å². The number of nitrogens with one attached hydrogen (secondary N) is 1. The summed E-state index contributed by atoms with van der Waals surface area (Å²) in [7, 11) is -1.15. The molecule has 1 aliphatic heterocycles. The van der Waals surface area contributed by atoms with Gasteiger partial charge in [-0.15, -0.1) is 0 Å². The van der Waals surface area contributed by atoms with Crippen LogP contribution in [0.1, 0.15) is 25.1 Å². The highest BCUT2D eigenvalue weighted by molar-refractivity contribution is 7.85. The maximum Gasteiger partial charge on any atom is 0.330 e. The quantitative estimate of drug-likeness (QED) is 0.715. The van der Waals surface area contributed by atoms with Crippen molar-refractivity contribution in [2.75, 3.05) is 12.9 Å². The van der Waals surface area contributed by atoms with Gasteiger partial charge in [0.05, 0.1) is 18.0 Å². The normalized spacial score (nSPS) is 25.0. The predicted molar refractivity (Wildman–Crippen MR) is 95.5 cm³/mol. The van der Waals surface area contributed by atoms with E-state index in [1.165, 1.54) is 17.7 Å². The number of nitrogens with zero attached hydrogens (tertiary/aromatic N) is 1. The van der Waals surface area contributed by atoms with Crippen LogP contribution in [-0.4, -0.2) is 46.9 Å². The summed E-state index contributed by atoms with van der Waals surface area (Å²) in [5.41, 5.74) is -0.613. The third-order valence-corrected chi connectivity index (χ3v) is 4.59. The summed E-state index contributed by atoms with van der Waals surface area (Å²) in [5, 5.41) is 8.89. The number of rotatable bonds is 3. The van der Waals surface area contributed by atoms with Gasteiger partial charge in [-0.25, -0.2) is 4.79 Å². The smallest absolute Gasteiger partial charge is 0.330 e. The average Bonchev–Trinajstić information content (AvgIpc) is 2.85. The molecule has 2 rings (SSSR count). The largest absolute Gasteiger partial charge is 0.394 e. The van der Waals surface area contributed by atoms with Crippen molar-refractivity contribution >= 4 is 45.6 Å². The van der Waals surface area contributed by atoms with E-state index in [0.29, 0.717) is 12.0 Å². The molecule has 1 aliphatic rings. The van der Waals surface area contributed by atoms with Gasteiger partial charge in [0.1, 0.15) is 6.23 Å². The van der Waals surface area contributed by atoms with E-state index < -0.39 is 38.2 Å². The first-order chi connectivity index (χ1) is 10.9. The van der Waals surface area contributed by atoms with Crippen LogP contribution >= 0.6 is 34.8 Å². The first-order valence-corrected chi connectivity index (χ1v) is 9.67. The molecule has 1 fully saturated rings. The van der Waals surface area contributed by atoms with E-state index in [0.717, 1.165) is 0 Å². The fourth-order valence-electron chi connectivity index (χ4n) is 2.18. The highest BCUT2D eigenvalue weighted by atomic mass is 35.6. The molecule has 11 heteroatoms. The van der Waals surface area contributed by atoms with Crippen LogP contribution < -0.4 is 11.2 Å². The van der Waals surface area contributed by atoms with E-state index >= 15 is 0 Å². The molecule has 0 amide bonds. The van der Waals surface area contributed by atoms with Crippen LogP contribution in [0.15, 0.2) is 15.8 Å². The molecule has 1 aromatic rings. The van der Waals surface area contributed by atoms with E-state index in [4.69, 9.17) is 39.5 Å². The minimum atomic E-state index is -1.15. The number of aromatic nitrogens is 2. The number of aromatic amines is 1. The van der Waals surface area contributed by atoms with Crippen LogP contribution in [0, 0.1) is 6.92 Å². The van der Waals surface area contributed by atoms with Gasteiger partial charge in [0, 0.05) is 35.2 Å². The molecule has 1 saturated heterocycles. The third-order valence-electron chi connectivity index (χ3n) is 3.24. The van der Waals surface area contributed by atoms with Crippen LogP contribution in [0.4, 0.5) is 0 Å². The molecule has 0 saturated carbocycles. The van der Waals surface area contributed by atoms with Gasteiger partial charge < -0.3 is 9.84 Å². The van der Waals surface area contributed by atoms with Crippen molar-refractivity contribution in [1.29, 1.82) is 0 Å². The lowest BCUT2D eigenvalue weighted by atomic mass is 10.2. The second-order valence-corrected chi connectivity index (χ2v) is 9.80. The topological polar surface area (TPSA) is 101 Å². The van der Waals surface area contributed by atoms with E-state index in [1.807, 2.05) is 0 Å². The van der Waals surface area contributed by atoms with Gasteiger partial charge in [0.2, 0.25) is 0 Å². The molecule has 0 bridgehead atoms. The minimum Gasteiger partial charge on any atom is -0.394 e. The van der Waals surface area contributed by atoms with Crippen molar-refractivity contribution in [3.63, 3.8) is 0 Å². The first kappa shape index (κ1) is 21.7. The summed E-state index contributed by atoms with van der Waals surface area (Å²) in [4.78, 5) is 25.2. The Morgan fingerprint density at radius 2 is 2.00 bits per heavy atom. The second-order valence-electron chi connectivity index (χ2n) is 5.34. The first-order valence-electron chi connectivity index (χ1n) is 6.91. The summed E-state index contributed by atoms with van der Waals surface area (Å²) in [6, 6.07) is 0. The van der Waals surface area contributed by atoms with Gasteiger partial charge in [-0.3, -0.25) is 18.6 Å². The Morgan fingerprint density at radius 3 is 2.42 bits per heavy atom. The van der Waals surface area contributed by atoms with E-state index in [-0.39, 0.29) is 11.9 Å². The molecular weight excluding hydrogens is 403 g/mol. The lowest BCUT2D eigenvalue weighted by Crippen LogP contribution is -2.33.